The highest BCUT2D eigenvalue weighted by Gasteiger charge is 2.08. The summed E-state index contributed by atoms with van der Waals surface area (Å²) in [5.41, 5.74) is 4.76. The molecule has 2 aromatic carbocycles. The number of amides is 1. The number of halogens is 1. The van der Waals surface area contributed by atoms with E-state index < -0.39 is 0 Å². The van der Waals surface area contributed by atoms with Crippen LogP contribution in [-0.4, -0.2) is 10.9 Å². The first-order valence-corrected chi connectivity index (χ1v) is 8.61. The summed E-state index contributed by atoms with van der Waals surface area (Å²) in [6, 6.07) is 12.5. The maximum Gasteiger partial charge on any atom is 0.255 e. The van der Waals surface area contributed by atoms with Gasteiger partial charge in [-0.3, -0.25) is 4.79 Å². The second-order valence-corrected chi connectivity index (χ2v) is 6.34. The molecule has 0 aliphatic carbocycles. The number of thiazole rings is 1. The standard InChI is InChI=1S/C18H15ClN2O2S/c1-12-5-6-14(8-17(12)19)21-18(22)13-3-2-4-16(7-13)23-9-15-10-24-11-20-15/h2-8,10-11H,9H2,1H3,(H,21,22). The molecule has 1 N–H and O–H groups in total. The molecule has 0 aliphatic rings. The molecule has 3 aromatic rings. The third kappa shape index (κ3) is 4.13. The molecule has 0 saturated heterocycles. The normalized spacial score (nSPS) is 10.4. The van der Waals surface area contributed by atoms with Crippen molar-refractivity contribution in [3.05, 3.63) is 75.2 Å². The fourth-order valence-corrected chi connectivity index (χ4v) is 2.79. The minimum Gasteiger partial charge on any atom is -0.487 e. The van der Waals surface area contributed by atoms with Gasteiger partial charge in [-0.1, -0.05) is 23.7 Å². The van der Waals surface area contributed by atoms with Crippen LogP contribution in [0.2, 0.25) is 5.02 Å². The Balaban J connectivity index is 1.68. The maximum absolute atomic E-state index is 12.4. The van der Waals surface area contributed by atoms with Crippen LogP contribution in [0.1, 0.15) is 21.6 Å². The summed E-state index contributed by atoms with van der Waals surface area (Å²) in [6.45, 7) is 2.29. The average Bonchev–Trinajstić information content (AvgIpc) is 3.10. The van der Waals surface area contributed by atoms with Gasteiger partial charge in [-0.15, -0.1) is 11.3 Å². The van der Waals surface area contributed by atoms with Crippen molar-refractivity contribution in [1.29, 1.82) is 0 Å². The number of aromatic nitrogens is 1. The van der Waals surface area contributed by atoms with Gasteiger partial charge >= 0.3 is 0 Å². The Bertz CT molecular complexity index is 850. The SMILES string of the molecule is Cc1ccc(NC(=O)c2cccc(OCc3cscn3)c2)cc1Cl. The van der Waals surface area contributed by atoms with Crippen molar-refractivity contribution < 1.29 is 9.53 Å². The number of nitrogens with one attached hydrogen (secondary N) is 1. The number of hydrogen-bond acceptors (Lipinski definition) is 4. The summed E-state index contributed by atoms with van der Waals surface area (Å²) in [5, 5.41) is 5.38. The third-order valence-corrected chi connectivity index (χ3v) is 4.44. The summed E-state index contributed by atoms with van der Waals surface area (Å²) in [4.78, 5) is 16.5. The van der Waals surface area contributed by atoms with Crippen LogP contribution in [0.15, 0.2) is 53.4 Å². The molecule has 3 rings (SSSR count). The summed E-state index contributed by atoms with van der Waals surface area (Å²) >= 11 is 7.60. The minimum atomic E-state index is -0.214. The second kappa shape index (κ2) is 7.47. The van der Waals surface area contributed by atoms with Gasteiger partial charge in [-0.2, -0.15) is 0 Å². The fraction of sp³-hybridized carbons (Fsp3) is 0.111. The molecule has 1 heterocycles. The number of rotatable bonds is 5. The molecule has 24 heavy (non-hydrogen) atoms. The Hall–Kier alpha value is -2.37. The number of nitrogens with zero attached hydrogens (tertiary/aromatic N) is 1. The lowest BCUT2D eigenvalue weighted by atomic mass is 10.2. The highest BCUT2D eigenvalue weighted by atomic mass is 35.5. The zero-order valence-corrected chi connectivity index (χ0v) is 14.5. The number of ether oxygens (including phenoxy) is 1. The van der Waals surface area contributed by atoms with E-state index in [-0.39, 0.29) is 5.91 Å². The van der Waals surface area contributed by atoms with Gasteiger partial charge in [-0.05, 0) is 42.8 Å². The van der Waals surface area contributed by atoms with Gasteiger partial charge in [-0.25, -0.2) is 4.98 Å². The molecule has 0 atom stereocenters. The van der Waals surface area contributed by atoms with E-state index in [2.05, 4.69) is 10.3 Å². The number of carbonyl (C=O) groups is 1. The zero-order chi connectivity index (χ0) is 16.9. The Labute approximate surface area is 149 Å². The molecular weight excluding hydrogens is 344 g/mol. The molecule has 6 heteroatoms. The topological polar surface area (TPSA) is 51.2 Å². The van der Waals surface area contributed by atoms with E-state index in [1.807, 2.05) is 30.5 Å². The first-order chi connectivity index (χ1) is 11.6. The van der Waals surface area contributed by atoms with E-state index in [9.17, 15) is 4.79 Å². The van der Waals surface area contributed by atoms with Crippen LogP contribution in [0.4, 0.5) is 5.69 Å². The molecule has 0 aliphatic heterocycles. The van der Waals surface area contributed by atoms with Gasteiger partial charge in [0.2, 0.25) is 0 Å². The molecule has 122 valence electrons. The predicted molar refractivity (Wildman–Crippen MR) is 97.0 cm³/mol. The molecule has 0 radical (unpaired) electrons. The van der Waals surface area contributed by atoms with Crippen molar-refractivity contribution in [2.24, 2.45) is 0 Å². The monoisotopic (exact) mass is 358 g/mol. The minimum absolute atomic E-state index is 0.214. The maximum atomic E-state index is 12.4. The van der Waals surface area contributed by atoms with Gasteiger partial charge < -0.3 is 10.1 Å². The average molecular weight is 359 g/mol. The van der Waals surface area contributed by atoms with Gasteiger partial charge in [0.15, 0.2) is 0 Å². The first-order valence-electron chi connectivity index (χ1n) is 7.29. The van der Waals surface area contributed by atoms with E-state index in [1.54, 1.807) is 29.8 Å². The predicted octanol–water partition coefficient (Wildman–Crippen LogP) is 4.94. The summed E-state index contributed by atoms with van der Waals surface area (Å²) < 4.78 is 5.67. The van der Waals surface area contributed by atoms with Crippen LogP contribution in [0, 0.1) is 6.92 Å². The first kappa shape index (κ1) is 16.5. The summed E-state index contributed by atoms with van der Waals surface area (Å²) in [7, 11) is 0. The highest BCUT2D eigenvalue weighted by Crippen LogP contribution is 2.21. The lowest BCUT2D eigenvalue weighted by Crippen LogP contribution is -2.12. The Morgan fingerprint density at radius 2 is 2.17 bits per heavy atom. The lowest BCUT2D eigenvalue weighted by Gasteiger charge is -2.09. The van der Waals surface area contributed by atoms with E-state index in [0.29, 0.717) is 28.6 Å². The van der Waals surface area contributed by atoms with Gasteiger partial charge in [0, 0.05) is 21.7 Å². The lowest BCUT2D eigenvalue weighted by molar-refractivity contribution is 0.102. The molecule has 1 amide bonds. The van der Waals surface area contributed by atoms with E-state index in [4.69, 9.17) is 16.3 Å². The van der Waals surface area contributed by atoms with Gasteiger partial charge in [0.25, 0.3) is 5.91 Å². The number of benzene rings is 2. The molecule has 1 aromatic heterocycles. The van der Waals surface area contributed by atoms with Crippen molar-refractivity contribution in [1.82, 2.24) is 4.98 Å². The summed E-state index contributed by atoms with van der Waals surface area (Å²) in [6.07, 6.45) is 0. The van der Waals surface area contributed by atoms with Crippen LogP contribution in [-0.2, 0) is 6.61 Å². The van der Waals surface area contributed by atoms with Crippen LogP contribution in [0.3, 0.4) is 0 Å². The molecule has 0 bridgehead atoms. The Kier molecular flexibility index (Phi) is 5.13. The van der Waals surface area contributed by atoms with E-state index in [0.717, 1.165) is 11.3 Å². The molecule has 0 fully saturated rings. The smallest absolute Gasteiger partial charge is 0.255 e. The molecule has 0 spiro atoms. The van der Waals surface area contributed by atoms with Crippen LogP contribution < -0.4 is 10.1 Å². The van der Waals surface area contributed by atoms with Gasteiger partial charge in [0.1, 0.15) is 12.4 Å². The fourth-order valence-electron chi connectivity index (χ4n) is 2.07. The van der Waals surface area contributed by atoms with Crippen LogP contribution in [0.25, 0.3) is 0 Å². The number of aryl methyl sites for hydroxylation is 1. The van der Waals surface area contributed by atoms with Crippen molar-refractivity contribution in [2.45, 2.75) is 13.5 Å². The molecule has 4 nitrogen and oxygen atoms in total. The van der Waals surface area contributed by atoms with Gasteiger partial charge in [0.05, 0.1) is 11.2 Å². The second-order valence-electron chi connectivity index (χ2n) is 5.21. The number of hydrogen-bond donors (Lipinski definition) is 1. The van der Waals surface area contributed by atoms with E-state index >= 15 is 0 Å². The van der Waals surface area contributed by atoms with Crippen molar-refractivity contribution in [3.8, 4) is 5.75 Å². The van der Waals surface area contributed by atoms with Crippen molar-refractivity contribution in [2.75, 3.05) is 5.32 Å². The van der Waals surface area contributed by atoms with Crippen LogP contribution >= 0.6 is 22.9 Å². The largest absolute Gasteiger partial charge is 0.487 e. The Morgan fingerprint density at radius 1 is 1.29 bits per heavy atom. The van der Waals surface area contributed by atoms with Crippen LogP contribution in [0.5, 0.6) is 5.75 Å². The molecule has 0 unspecified atom stereocenters. The third-order valence-electron chi connectivity index (χ3n) is 3.40. The zero-order valence-electron chi connectivity index (χ0n) is 13.0. The van der Waals surface area contributed by atoms with E-state index in [1.165, 1.54) is 11.3 Å². The molecular formula is C18H15ClN2O2S. The Morgan fingerprint density at radius 3 is 2.92 bits per heavy atom. The molecule has 0 saturated carbocycles. The van der Waals surface area contributed by atoms with Crippen molar-refractivity contribution >= 4 is 34.5 Å². The number of anilines is 1. The van der Waals surface area contributed by atoms with Crippen molar-refractivity contribution in [3.63, 3.8) is 0 Å². The summed E-state index contributed by atoms with van der Waals surface area (Å²) in [5.74, 6) is 0.409. The quantitative estimate of drug-likeness (QED) is 0.703. The highest BCUT2D eigenvalue weighted by molar-refractivity contribution is 7.07. The number of carbonyl (C=O) groups excluding carboxylic acids is 1.